The van der Waals surface area contributed by atoms with Crippen molar-refractivity contribution in [1.29, 1.82) is 5.26 Å². The number of nitriles is 1. The second-order valence-corrected chi connectivity index (χ2v) is 4.57. The van der Waals surface area contributed by atoms with Gasteiger partial charge in [-0.2, -0.15) is 5.26 Å². The molecule has 0 aliphatic rings. The fourth-order valence-corrected chi connectivity index (χ4v) is 1.97. The highest BCUT2D eigenvalue weighted by molar-refractivity contribution is 9.10. The molecule has 0 atom stereocenters. The van der Waals surface area contributed by atoms with Gasteiger partial charge in [0, 0.05) is 34.7 Å². The van der Waals surface area contributed by atoms with Crippen LogP contribution in [0.3, 0.4) is 0 Å². The third-order valence-corrected chi connectivity index (χ3v) is 2.86. The molecule has 3 aromatic heterocycles. The number of fused-ring (bicyclic) bond motifs is 1. The van der Waals surface area contributed by atoms with Gasteiger partial charge in [-0.1, -0.05) is 0 Å². The molecule has 18 heavy (non-hydrogen) atoms. The van der Waals surface area contributed by atoms with Crippen LogP contribution in [0.2, 0.25) is 0 Å². The van der Waals surface area contributed by atoms with E-state index in [0.29, 0.717) is 17.0 Å². The van der Waals surface area contributed by atoms with E-state index in [1.165, 1.54) is 0 Å². The zero-order valence-corrected chi connectivity index (χ0v) is 10.7. The SMILES string of the molecule is N#Cc1ccn2nc(-c3cncc(Br)c3)nc2c1. The summed E-state index contributed by atoms with van der Waals surface area (Å²) in [7, 11) is 0. The van der Waals surface area contributed by atoms with Crippen LogP contribution >= 0.6 is 15.9 Å². The van der Waals surface area contributed by atoms with E-state index in [4.69, 9.17) is 5.26 Å². The van der Waals surface area contributed by atoms with Gasteiger partial charge in [-0.25, -0.2) is 9.50 Å². The molecule has 86 valence electrons. The molecule has 6 heteroatoms. The normalized spacial score (nSPS) is 10.4. The van der Waals surface area contributed by atoms with E-state index < -0.39 is 0 Å². The number of hydrogen-bond acceptors (Lipinski definition) is 4. The second kappa shape index (κ2) is 4.20. The summed E-state index contributed by atoms with van der Waals surface area (Å²) in [5.41, 5.74) is 2.03. The van der Waals surface area contributed by atoms with Gasteiger partial charge in [0.15, 0.2) is 11.5 Å². The van der Waals surface area contributed by atoms with Crippen LogP contribution in [0.1, 0.15) is 5.56 Å². The van der Waals surface area contributed by atoms with Gasteiger partial charge in [-0.05, 0) is 28.1 Å². The van der Waals surface area contributed by atoms with Gasteiger partial charge < -0.3 is 0 Å². The Kier molecular flexibility index (Phi) is 2.54. The average Bonchev–Trinajstić information content (AvgIpc) is 2.81. The molecule has 0 N–H and O–H groups in total. The largest absolute Gasteiger partial charge is 0.263 e. The third-order valence-electron chi connectivity index (χ3n) is 2.43. The molecule has 5 nitrogen and oxygen atoms in total. The van der Waals surface area contributed by atoms with Gasteiger partial charge in [-0.3, -0.25) is 4.98 Å². The van der Waals surface area contributed by atoms with Crippen molar-refractivity contribution in [2.75, 3.05) is 0 Å². The van der Waals surface area contributed by atoms with Crippen molar-refractivity contribution in [1.82, 2.24) is 19.6 Å². The lowest BCUT2D eigenvalue weighted by molar-refractivity contribution is 0.963. The lowest BCUT2D eigenvalue weighted by atomic mass is 10.3. The summed E-state index contributed by atoms with van der Waals surface area (Å²) in [6, 6.07) is 7.37. The highest BCUT2D eigenvalue weighted by atomic mass is 79.9. The molecule has 0 radical (unpaired) electrons. The summed E-state index contributed by atoms with van der Waals surface area (Å²) in [5.74, 6) is 0.582. The predicted molar refractivity (Wildman–Crippen MR) is 68.6 cm³/mol. The lowest BCUT2D eigenvalue weighted by Crippen LogP contribution is -1.87. The Morgan fingerprint density at radius 1 is 1.28 bits per heavy atom. The van der Waals surface area contributed by atoms with Gasteiger partial charge in [0.2, 0.25) is 0 Å². The topological polar surface area (TPSA) is 66.9 Å². The molecular weight excluding hydrogens is 294 g/mol. The summed E-state index contributed by atoms with van der Waals surface area (Å²) >= 11 is 3.36. The first-order valence-electron chi connectivity index (χ1n) is 5.14. The second-order valence-electron chi connectivity index (χ2n) is 3.66. The summed E-state index contributed by atoms with van der Waals surface area (Å²) in [5, 5.41) is 13.2. The molecule has 0 saturated heterocycles. The molecule has 0 saturated carbocycles. The van der Waals surface area contributed by atoms with Gasteiger partial charge in [0.25, 0.3) is 0 Å². The molecule has 0 spiro atoms. The van der Waals surface area contributed by atoms with Crippen molar-refractivity contribution < 1.29 is 0 Å². The lowest BCUT2D eigenvalue weighted by Gasteiger charge is -1.93. The standard InChI is InChI=1S/C12H6BrN5/c13-10-4-9(6-15-7-10)12-16-11-3-8(5-14)1-2-18(11)17-12/h1-4,6-7H. The minimum atomic E-state index is 0.564. The first kappa shape index (κ1) is 10.9. The van der Waals surface area contributed by atoms with Crippen molar-refractivity contribution in [3.63, 3.8) is 0 Å². The monoisotopic (exact) mass is 299 g/mol. The molecular formula is C12H6BrN5. The Morgan fingerprint density at radius 3 is 2.94 bits per heavy atom. The first-order valence-corrected chi connectivity index (χ1v) is 5.93. The van der Waals surface area contributed by atoms with Crippen LogP contribution in [-0.4, -0.2) is 19.6 Å². The maximum absolute atomic E-state index is 8.83. The molecule has 3 rings (SSSR count). The van der Waals surface area contributed by atoms with E-state index in [-0.39, 0.29) is 0 Å². The highest BCUT2D eigenvalue weighted by Gasteiger charge is 2.07. The van der Waals surface area contributed by atoms with Crippen molar-refractivity contribution in [2.24, 2.45) is 0 Å². The number of aromatic nitrogens is 4. The summed E-state index contributed by atoms with van der Waals surface area (Å²) in [4.78, 5) is 8.45. The molecule has 0 aliphatic carbocycles. The van der Waals surface area contributed by atoms with Crippen molar-refractivity contribution in [3.8, 4) is 17.5 Å². The van der Waals surface area contributed by atoms with E-state index in [2.05, 4.69) is 37.1 Å². The zero-order valence-electron chi connectivity index (χ0n) is 9.08. The first-order chi connectivity index (χ1) is 8.76. The van der Waals surface area contributed by atoms with E-state index in [9.17, 15) is 0 Å². The molecule has 0 bridgehead atoms. The quantitative estimate of drug-likeness (QED) is 0.692. The van der Waals surface area contributed by atoms with Gasteiger partial charge in [0.05, 0.1) is 11.6 Å². The Morgan fingerprint density at radius 2 is 2.17 bits per heavy atom. The minimum Gasteiger partial charge on any atom is -0.263 e. The Bertz CT molecular complexity index is 771. The number of pyridine rings is 2. The molecule has 3 aromatic rings. The molecule has 0 aromatic carbocycles. The van der Waals surface area contributed by atoms with Crippen LogP contribution in [0.25, 0.3) is 17.0 Å². The van der Waals surface area contributed by atoms with Crippen LogP contribution < -0.4 is 0 Å². The smallest absolute Gasteiger partial charge is 0.183 e. The molecule has 3 heterocycles. The number of nitrogens with zero attached hydrogens (tertiary/aromatic N) is 5. The number of halogens is 1. The maximum atomic E-state index is 8.83. The Labute approximate surface area is 111 Å². The molecule has 0 fully saturated rings. The van der Waals surface area contributed by atoms with Crippen LogP contribution in [0.4, 0.5) is 0 Å². The van der Waals surface area contributed by atoms with E-state index in [1.54, 1.807) is 35.2 Å². The average molecular weight is 300 g/mol. The Hall–Kier alpha value is -2.26. The third kappa shape index (κ3) is 1.85. The molecule has 0 unspecified atom stereocenters. The summed E-state index contributed by atoms with van der Waals surface area (Å²) in [6.07, 6.45) is 5.12. The summed E-state index contributed by atoms with van der Waals surface area (Å²) < 4.78 is 2.51. The minimum absolute atomic E-state index is 0.564. The van der Waals surface area contributed by atoms with Gasteiger partial charge >= 0.3 is 0 Å². The fraction of sp³-hybridized carbons (Fsp3) is 0. The zero-order chi connectivity index (χ0) is 12.5. The predicted octanol–water partition coefficient (Wildman–Crippen LogP) is 2.43. The fourth-order valence-electron chi connectivity index (χ4n) is 1.61. The maximum Gasteiger partial charge on any atom is 0.183 e. The van der Waals surface area contributed by atoms with E-state index in [1.807, 2.05) is 6.07 Å². The molecule has 0 aliphatic heterocycles. The number of hydrogen-bond donors (Lipinski definition) is 0. The van der Waals surface area contributed by atoms with Crippen molar-refractivity contribution in [3.05, 3.63) is 46.8 Å². The van der Waals surface area contributed by atoms with Crippen molar-refractivity contribution >= 4 is 21.6 Å². The van der Waals surface area contributed by atoms with Gasteiger partial charge in [0.1, 0.15) is 0 Å². The number of rotatable bonds is 1. The van der Waals surface area contributed by atoms with Crippen LogP contribution in [0.5, 0.6) is 0 Å². The van der Waals surface area contributed by atoms with E-state index >= 15 is 0 Å². The highest BCUT2D eigenvalue weighted by Crippen LogP contribution is 2.19. The van der Waals surface area contributed by atoms with Gasteiger partial charge in [-0.15, -0.1) is 5.10 Å². The molecule has 0 amide bonds. The summed E-state index contributed by atoms with van der Waals surface area (Å²) in [6.45, 7) is 0. The van der Waals surface area contributed by atoms with Crippen molar-refractivity contribution in [2.45, 2.75) is 0 Å². The van der Waals surface area contributed by atoms with Crippen LogP contribution in [-0.2, 0) is 0 Å². The van der Waals surface area contributed by atoms with Crippen LogP contribution in [0, 0.1) is 11.3 Å². The van der Waals surface area contributed by atoms with E-state index in [0.717, 1.165) is 10.0 Å². The van der Waals surface area contributed by atoms with Crippen LogP contribution in [0.15, 0.2) is 41.3 Å². The Balaban J connectivity index is 2.17.